The molecule has 0 aromatic heterocycles. The number of nitrogens with zero attached hydrogens (tertiary/aromatic N) is 1. The monoisotopic (exact) mass is 307 g/mol. The molecule has 0 saturated heterocycles. The molecule has 0 aliphatic carbocycles. The van der Waals surface area contributed by atoms with Crippen molar-refractivity contribution in [3.8, 4) is 5.75 Å². The van der Waals surface area contributed by atoms with Gasteiger partial charge in [0.15, 0.2) is 5.70 Å². The molecule has 3 rings (SSSR count). The fourth-order valence-electron chi connectivity index (χ4n) is 2.33. The SMILES string of the molecule is COc1ccc(C2=N/C(=C/c3cc(C)ccc3C)C(=O)O2)cc1. The first kappa shape index (κ1) is 15.0. The quantitative estimate of drug-likeness (QED) is 0.642. The van der Waals surface area contributed by atoms with Crippen LogP contribution in [0.4, 0.5) is 0 Å². The highest BCUT2D eigenvalue weighted by Gasteiger charge is 2.24. The molecule has 2 aromatic carbocycles. The summed E-state index contributed by atoms with van der Waals surface area (Å²) in [7, 11) is 1.60. The Morgan fingerprint density at radius 3 is 2.52 bits per heavy atom. The van der Waals surface area contributed by atoms with Crippen LogP contribution in [0.5, 0.6) is 5.75 Å². The molecule has 0 radical (unpaired) electrons. The number of carbonyl (C=O) groups excluding carboxylic acids is 1. The number of cyclic esters (lactones) is 1. The summed E-state index contributed by atoms with van der Waals surface area (Å²) in [6.07, 6.45) is 1.77. The lowest BCUT2D eigenvalue weighted by Gasteiger charge is -2.01. The lowest BCUT2D eigenvalue weighted by molar-refractivity contribution is -0.129. The minimum atomic E-state index is -0.434. The zero-order valence-corrected chi connectivity index (χ0v) is 13.3. The van der Waals surface area contributed by atoms with E-state index in [1.54, 1.807) is 25.3 Å². The molecule has 0 unspecified atom stereocenters. The van der Waals surface area contributed by atoms with Crippen molar-refractivity contribution < 1.29 is 14.3 Å². The van der Waals surface area contributed by atoms with Gasteiger partial charge in [0.1, 0.15) is 5.75 Å². The van der Waals surface area contributed by atoms with E-state index in [0.717, 1.165) is 28.0 Å². The summed E-state index contributed by atoms with van der Waals surface area (Å²) < 4.78 is 10.4. The van der Waals surface area contributed by atoms with E-state index in [9.17, 15) is 4.79 Å². The van der Waals surface area contributed by atoms with E-state index >= 15 is 0 Å². The zero-order chi connectivity index (χ0) is 16.4. The Labute approximate surface area is 135 Å². The third-order valence-electron chi connectivity index (χ3n) is 3.68. The molecule has 1 aliphatic heterocycles. The summed E-state index contributed by atoms with van der Waals surface area (Å²) in [6.45, 7) is 4.01. The van der Waals surface area contributed by atoms with Crippen molar-refractivity contribution in [1.29, 1.82) is 0 Å². The van der Waals surface area contributed by atoms with E-state index in [-0.39, 0.29) is 0 Å². The number of rotatable bonds is 3. The van der Waals surface area contributed by atoms with Gasteiger partial charge in [-0.3, -0.25) is 0 Å². The van der Waals surface area contributed by atoms with Crippen LogP contribution < -0.4 is 4.74 Å². The van der Waals surface area contributed by atoms with Crippen molar-refractivity contribution in [2.24, 2.45) is 4.99 Å². The Hall–Kier alpha value is -2.88. The molecule has 23 heavy (non-hydrogen) atoms. The van der Waals surface area contributed by atoms with Gasteiger partial charge in [0.25, 0.3) is 0 Å². The molecule has 0 fully saturated rings. The molecule has 0 saturated carbocycles. The second-order valence-corrected chi connectivity index (χ2v) is 5.42. The van der Waals surface area contributed by atoms with Gasteiger partial charge in [-0.25, -0.2) is 9.79 Å². The first-order chi connectivity index (χ1) is 11.1. The Kier molecular flexibility index (Phi) is 3.98. The number of methoxy groups -OCH3 is 1. The van der Waals surface area contributed by atoms with Gasteiger partial charge in [-0.05, 0) is 55.3 Å². The number of benzene rings is 2. The molecule has 116 valence electrons. The fraction of sp³-hybridized carbons (Fsp3) is 0.158. The van der Waals surface area contributed by atoms with Crippen LogP contribution in [0.1, 0.15) is 22.3 Å². The fourth-order valence-corrected chi connectivity index (χ4v) is 2.33. The van der Waals surface area contributed by atoms with E-state index in [4.69, 9.17) is 9.47 Å². The minimum absolute atomic E-state index is 0.310. The smallest absolute Gasteiger partial charge is 0.363 e. The summed E-state index contributed by atoms with van der Waals surface area (Å²) in [5.41, 5.74) is 4.24. The van der Waals surface area contributed by atoms with Crippen molar-refractivity contribution >= 4 is 17.9 Å². The number of aryl methyl sites for hydroxylation is 2. The maximum Gasteiger partial charge on any atom is 0.363 e. The molecular weight excluding hydrogens is 290 g/mol. The van der Waals surface area contributed by atoms with E-state index < -0.39 is 5.97 Å². The summed E-state index contributed by atoms with van der Waals surface area (Å²) in [4.78, 5) is 16.4. The normalized spacial score (nSPS) is 15.5. The molecule has 0 N–H and O–H groups in total. The van der Waals surface area contributed by atoms with Gasteiger partial charge in [-0.15, -0.1) is 0 Å². The molecule has 0 atom stereocenters. The predicted molar refractivity (Wildman–Crippen MR) is 89.5 cm³/mol. The molecule has 0 amide bonds. The van der Waals surface area contributed by atoms with Gasteiger partial charge >= 0.3 is 5.97 Å². The molecule has 4 nitrogen and oxygen atoms in total. The summed E-state index contributed by atoms with van der Waals surface area (Å²) in [5, 5.41) is 0. The highest BCUT2D eigenvalue weighted by molar-refractivity contribution is 6.12. The Bertz CT molecular complexity index is 817. The molecule has 0 bridgehead atoms. The number of hydrogen-bond acceptors (Lipinski definition) is 4. The molecule has 1 aliphatic rings. The number of ether oxygens (including phenoxy) is 2. The van der Waals surface area contributed by atoms with Crippen molar-refractivity contribution in [1.82, 2.24) is 0 Å². The number of hydrogen-bond donors (Lipinski definition) is 0. The summed E-state index contributed by atoms with van der Waals surface area (Å²) >= 11 is 0. The molecule has 2 aromatic rings. The Morgan fingerprint density at radius 1 is 1.09 bits per heavy atom. The second-order valence-electron chi connectivity index (χ2n) is 5.42. The third kappa shape index (κ3) is 3.16. The van der Waals surface area contributed by atoms with E-state index in [1.807, 2.05) is 44.2 Å². The summed E-state index contributed by atoms with van der Waals surface area (Å²) in [6, 6.07) is 13.3. The van der Waals surface area contributed by atoms with Crippen molar-refractivity contribution in [3.05, 3.63) is 70.4 Å². The van der Waals surface area contributed by atoms with E-state index in [1.165, 1.54) is 0 Å². The average molecular weight is 307 g/mol. The van der Waals surface area contributed by atoms with Crippen LogP contribution in [-0.2, 0) is 9.53 Å². The molecule has 4 heteroatoms. The number of carbonyl (C=O) groups is 1. The third-order valence-corrected chi connectivity index (χ3v) is 3.68. The molecular formula is C19H17NO3. The van der Waals surface area contributed by atoms with E-state index in [0.29, 0.717) is 11.6 Å². The average Bonchev–Trinajstić information content (AvgIpc) is 2.92. The topological polar surface area (TPSA) is 47.9 Å². The van der Waals surface area contributed by atoms with Crippen molar-refractivity contribution in [2.45, 2.75) is 13.8 Å². The van der Waals surface area contributed by atoms with Crippen LogP contribution in [0.25, 0.3) is 6.08 Å². The molecule has 0 spiro atoms. The van der Waals surface area contributed by atoms with Gasteiger partial charge in [0.05, 0.1) is 7.11 Å². The van der Waals surface area contributed by atoms with Gasteiger partial charge in [0, 0.05) is 5.56 Å². The van der Waals surface area contributed by atoms with E-state index in [2.05, 4.69) is 4.99 Å². The van der Waals surface area contributed by atoms with Crippen LogP contribution >= 0.6 is 0 Å². The second kappa shape index (κ2) is 6.08. The molecule has 1 heterocycles. The van der Waals surface area contributed by atoms with Gasteiger partial charge in [0.2, 0.25) is 5.90 Å². The maximum atomic E-state index is 12.1. The lowest BCUT2D eigenvalue weighted by atomic mass is 10.0. The van der Waals surface area contributed by atoms with Crippen molar-refractivity contribution in [2.75, 3.05) is 7.11 Å². The van der Waals surface area contributed by atoms with Crippen LogP contribution in [0.3, 0.4) is 0 Å². The number of esters is 1. The predicted octanol–water partition coefficient (Wildman–Crippen LogP) is 3.66. The van der Waals surface area contributed by atoms with Gasteiger partial charge in [-0.2, -0.15) is 0 Å². The van der Waals surface area contributed by atoms with Gasteiger partial charge < -0.3 is 9.47 Å². The van der Waals surface area contributed by atoms with Crippen LogP contribution in [-0.4, -0.2) is 19.0 Å². The first-order valence-corrected chi connectivity index (χ1v) is 7.31. The largest absolute Gasteiger partial charge is 0.497 e. The van der Waals surface area contributed by atoms with Crippen LogP contribution in [0.2, 0.25) is 0 Å². The summed E-state index contributed by atoms with van der Waals surface area (Å²) in [5.74, 6) is 0.621. The maximum absolute atomic E-state index is 12.1. The van der Waals surface area contributed by atoms with Crippen LogP contribution in [0.15, 0.2) is 53.2 Å². The first-order valence-electron chi connectivity index (χ1n) is 7.31. The van der Waals surface area contributed by atoms with Gasteiger partial charge in [-0.1, -0.05) is 23.8 Å². The Morgan fingerprint density at radius 2 is 1.83 bits per heavy atom. The zero-order valence-electron chi connectivity index (χ0n) is 13.3. The number of aliphatic imine (C=N–C) groups is 1. The van der Waals surface area contributed by atoms with Crippen LogP contribution in [0, 0.1) is 13.8 Å². The highest BCUT2D eigenvalue weighted by atomic mass is 16.6. The minimum Gasteiger partial charge on any atom is -0.497 e. The standard InChI is InChI=1S/C19H17NO3/c1-12-4-5-13(2)15(10-12)11-17-19(21)23-18(20-17)14-6-8-16(22-3)9-7-14/h4-11H,1-3H3/b17-11+. The Balaban J connectivity index is 1.94. The highest BCUT2D eigenvalue weighted by Crippen LogP contribution is 2.22. The lowest BCUT2D eigenvalue weighted by Crippen LogP contribution is -2.05. The van der Waals surface area contributed by atoms with Crippen molar-refractivity contribution in [3.63, 3.8) is 0 Å².